The molecule has 0 amide bonds. The Hall–Kier alpha value is -1.94. The molecule has 0 aliphatic heterocycles. The van der Waals surface area contributed by atoms with Gasteiger partial charge in [0.2, 0.25) is 0 Å². The molecule has 0 fully saturated rings. The number of hydrogen-bond donors (Lipinski definition) is 3. The summed E-state index contributed by atoms with van der Waals surface area (Å²) in [4.78, 5) is 73.4. The Labute approximate surface area is 670 Å². The molecule has 0 spiro atoms. The minimum absolute atomic E-state index is 0.108. The van der Waals surface area contributed by atoms with E-state index in [0.29, 0.717) is 25.7 Å². The molecule has 109 heavy (non-hydrogen) atoms. The molecular weight excluding hydrogens is 1410 g/mol. The minimum Gasteiger partial charge on any atom is -0.462 e. The van der Waals surface area contributed by atoms with E-state index in [2.05, 4.69) is 41.5 Å². The normalized spacial score (nSPS) is 14.0. The number of rotatable bonds is 89. The maximum absolute atomic E-state index is 13.2. The van der Waals surface area contributed by atoms with Gasteiger partial charge in [-0.2, -0.15) is 0 Å². The highest BCUT2D eigenvalue weighted by Crippen LogP contribution is 2.45. The third-order valence-electron chi connectivity index (χ3n) is 21.6. The lowest BCUT2D eigenvalue weighted by atomic mass is 10.00. The molecule has 0 rings (SSSR count). The Balaban J connectivity index is 5.22. The second-order valence-electron chi connectivity index (χ2n) is 33.1. The third-order valence-corrected chi connectivity index (χ3v) is 23.5. The Bertz CT molecular complexity index is 2080. The van der Waals surface area contributed by atoms with Crippen LogP contribution >= 0.6 is 15.6 Å². The van der Waals surface area contributed by atoms with Crippen molar-refractivity contribution in [3.05, 3.63) is 0 Å². The number of carbonyl (C=O) groups is 4. The molecule has 0 saturated heterocycles. The molecule has 0 aliphatic carbocycles. The van der Waals surface area contributed by atoms with Crippen LogP contribution in [0.5, 0.6) is 0 Å². The van der Waals surface area contributed by atoms with Crippen LogP contribution in [0.3, 0.4) is 0 Å². The third kappa shape index (κ3) is 82.4. The summed E-state index contributed by atoms with van der Waals surface area (Å²) in [5.41, 5.74) is 0. The van der Waals surface area contributed by atoms with E-state index in [9.17, 15) is 43.2 Å². The molecule has 3 N–H and O–H groups in total. The molecular formula is C90H176O17P2. The van der Waals surface area contributed by atoms with Crippen LogP contribution in [0, 0.1) is 11.8 Å². The molecule has 19 heteroatoms. The Morgan fingerprint density at radius 1 is 0.266 bits per heavy atom. The van der Waals surface area contributed by atoms with Crippen molar-refractivity contribution in [1.82, 2.24) is 0 Å². The van der Waals surface area contributed by atoms with E-state index in [1.165, 1.54) is 295 Å². The van der Waals surface area contributed by atoms with Gasteiger partial charge in [0.1, 0.15) is 19.3 Å². The van der Waals surface area contributed by atoms with Crippen molar-refractivity contribution >= 4 is 39.5 Å². The van der Waals surface area contributed by atoms with E-state index < -0.39 is 97.5 Å². The van der Waals surface area contributed by atoms with Gasteiger partial charge in [-0.3, -0.25) is 37.3 Å². The van der Waals surface area contributed by atoms with Gasteiger partial charge in [-0.1, -0.05) is 433 Å². The molecule has 3 unspecified atom stereocenters. The Morgan fingerprint density at radius 3 is 0.697 bits per heavy atom. The quantitative estimate of drug-likeness (QED) is 0.0222. The van der Waals surface area contributed by atoms with Crippen LogP contribution in [0.2, 0.25) is 0 Å². The Kier molecular flexibility index (Phi) is 79.8. The maximum Gasteiger partial charge on any atom is 0.472 e. The summed E-state index contributed by atoms with van der Waals surface area (Å²) in [6.07, 6.45) is 75.2. The summed E-state index contributed by atoms with van der Waals surface area (Å²) >= 11 is 0. The summed E-state index contributed by atoms with van der Waals surface area (Å²) in [6, 6.07) is 0. The largest absolute Gasteiger partial charge is 0.472 e. The first-order valence-electron chi connectivity index (χ1n) is 46.5. The van der Waals surface area contributed by atoms with Crippen molar-refractivity contribution in [2.24, 2.45) is 11.8 Å². The van der Waals surface area contributed by atoms with Crippen LogP contribution in [-0.4, -0.2) is 96.7 Å². The lowest BCUT2D eigenvalue weighted by Gasteiger charge is -2.21. The predicted molar refractivity (Wildman–Crippen MR) is 451 cm³/mol. The average molecular weight is 1590 g/mol. The van der Waals surface area contributed by atoms with E-state index in [1.807, 2.05) is 0 Å². The molecule has 0 aliphatic rings. The molecule has 0 aromatic rings. The number of ether oxygens (including phenoxy) is 4. The van der Waals surface area contributed by atoms with Crippen molar-refractivity contribution < 1.29 is 80.2 Å². The lowest BCUT2D eigenvalue weighted by molar-refractivity contribution is -0.161. The highest BCUT2D eigenvalue weighted by Gasteiger charge is 2.31. The van der Waals surface area contributed by atoms with Crippen LogP contribution < -0.4 is 0 Å². The number of aliphatic hydroxyl groups is 1. The fourth-order valence-electron chi connectivity index (χ4n) is 14.1. The zero-order valence-electron chi connectivity index (χ0n) is 71.9. The standard InChI is InChI=1S/C90H176O17P2/c1-7-10-12-14-16-18-20-22-24-26-28-29-34-37-41-45-49-53-60-66-72-87(92)100-78-85(106-89(94)74-68-63-55-51-47-43-39-35-31-30-32-36-40-44-48-52-58-64-70-82(4)5)80-104-108(96,97)102-76-84(91)77-103-109(98,99)105-81-86(79-101-88(93)73-67-61-57-56-59-65-71-83(6)9-3)107-90(95)75-69-62-54-50-46-42-38-33-27-25-23-21-19-17-15-13-11-8-2/h82-86,91H,7-81H2,1-6H3,(H,96,97)(H,98,99)/t83?,84-,85-,86-/m1/s1. The molecule has 0 radical (unpaired) electrons. The van der Waals surface area contributed by atoms with Crippen molar-refractivity contribution in [3.8, 4) is 0 Å². The number of hydrogen-bond acceptors (Lipinski definition) is 15. The Morgan fingerprint density at radius 2 is 0.468 bits per heavy atom. The molecule has 17 nitrogen and oxygen atoms in total. The van der Waals surface area contributed by atoms with Crippen molar-refractivity contribution in [1.29, 1.82) is 0 Å². The fourth-order valence-corrected chi connectivity index (χ4v) is 15.7. The van der Waals surface area contributed by atoms with Crippen LogP contribution in [0.1, 0.15) is 485 Å². The summed E-state index contributed by atoms with van der Waals surface area (Å²) in [7, 11) is -9.93. The van der Waals surface area contributed by atoms with Gasteiger partial charge in [-0.15, -0.1) is 0 Å². The van der Waals surface area contributed by atoms with Gasteiger partial charge < -0.3 is 33.8 Å². The van der Waals surface area contributed by atoms with Gasteiger partial charge >= 0.3 is 39.5 Å². The number of carbonyl (C=O) groups excluding carboxylic acids is 4. The first-order valence-corrected chi connectivity index (χ1v) is 49.5. The van der Waals surface area contributed by atoms with Gasteiger partial charge in [0.25, 0.3) is 0 Å². The molecule has 0 bridgehead atoms. The average Bonchev–Trinajstić information content (AvgIpc) is 1.08. The maximum atomic E-state index is 13.2. The molecule has 0 heterocycles. The zero-order valence-corrected chi connectivity index (χ0v) is 73.7. The van der Waals surface area contributed by atoms with Gasteiger partial charge in [0.05, 0.1) is 26.4 Å². The van der Waals surface area contributed by atoms with E-state index in [-0.39, 0.29) is 25.7 Å². The SMILES string of the molecule is CCCCCCCCCCCCCCCCCCCCCCC(=O)OC[C@H](COP(=O)(O)OC[C@@H](O)COP(=O)(O)OC[C@@H](COC(=O)CCCCCCCCC(C)CC)OC(=O)CCCCCCCCCCCCCCCCCCCC)OC(=O)CCCCCCCCCCCCCCCCCCCCC(C)C. The van der Waals surface area contributed by atoms with Crippen molar-refractivity contribution in [3.63, 3.8) is 0 Å². The number of phosphoric acid groups is 2. The monoisotopic (exact) mass is 1590 g/mol. The number of aliphatic hydroxyl groups excluding tert-OH is 1. The van der Waals surface area contributed by atoms with Crippen LogP contribution in [0.4, 0.5) is 0 Å². The molecule has 0 saturated carbocycles. The van der Waals surface area contributed by atoms with E-state index in [4.69, 9.17) is 37.0 Å². The molecule has 0 aromatic heterocycles. The summed E-state index contributed by atoms with van der Waals surface area (Å²) in [5.74, 6) is -0.548. The highest BCUT2D eigenvalue weighted by atomic mass is 31.2. The first-order chi connectivity index (χ1) is 52.9. The molecule has 0 aromatic carbocycles. The molecule has 648 valence electrons. The van der Waals surface area contributed by atoms with Gasteiger partial charge in [0, 0.05) is 25.7 Å². The van der Waals surface area contributed by atoms with E-state index in [0.717, 1.165) is 108 Å². The second-order valence-corrected chi connectivity index (χ2v) is 36.0. The van der Waals surface area contributed by atoms with E-state index in [1.54, 1.807) is 0 Å². The fraction of sp³-hybridized carbons (Fsp3) is 0.956. The van der Waals surface area contributed by atoms with Gasteiger partial charge in [-0.05, 0) is 37.5 Å². The van der Waals surface area contributed by atoms with Gasteiger partial charge in [-0.25, -0.2) is 9.13 Å². The van der Waals surface area contributed by atoms with Crippen LogP contribution in [-0.2, 0) is 65.4 Å². The van der Waals surface area contributed by atoms with Crippen molar-refractivity contribution in [2.75, 3.05) is 39.6 Å². The van der Waals surface area contributed by atoms with Crippen LogP contribution in [0.15, 0.2) is 0 Å². The predicted octanol–water partition coefficient (Wildman–Crippen LogP) is 27.8. The van der Waals surface area contributed by atoms with Crippen molar-refractivity contribution in [2.45, 2.75) is 503 Å². The number of esters is 4. The minimum atomic E-state index is -4.97. The van der Waals surface area contributed by atoms with Gasteiger partial charge in [0.15, 0.2) is 12.2 Å². The zero-order chi connectivity index (χ0) is 79.9. The highest BCUT2D eigenvalue weighted by molar-refractivity contribution is 7.47. The lowest BCUT2D eigenvalue weighted by Crippen LogP contribution is -2.30. The number of unbranched alkanes of at least 4 members (excludes halogenated alkanes) is 58. The first kappa shape index (κ1) is 107. The topological polar surface area (TPSA) is 237 Å². The summed E-state index contributed by atoms with van der Waals surface area (Å²) in [5, 5.41) is 10.7. The summed E-state index contributed by atoms with van der Waals surface area (Å²) < 4.78 is 69.0. The second kappa shape index (κ2) is 81.2. The molecule has 6 atom stereocenters. The number of phosphoric ester groups is 2. The summed E-state index contributed by atoms with van der Waals surface area (Å²) in [6.45, 7) is 9.69. The van der Waals surface area contributed by atoms with E-state index >= 15 is 0 Å². The smallest absolute Gasteiger partial charge is 0.462 e. The van der Waals surface area contributed by atoms with Crippen LogP contribution in [0.25, 0.3) is 0 Å².